The van der Waals surface area contributed by atoms with Crippen LogP contribution in [-0.4, -0.2) is 15.0 Å². The summed E-state index contributed by atoms with van der Waals surface area (Å²) in [5.74, 6) is 1.97. The lowest BCUT2D eigenvalue weighted by Crippen LogP contribution is -2.14. The standard InChI is InChI=1S/C54H37N3/c1-54(2)48-19-11-10-18-44(48)47-33-41(29-31-49(47)54)53-56-51(38-13-4-3-5-14-38)55-52(57-53)39-26-22-35(23-27-39)34-20-24-37(25-21-34)50-43-17-9-7-15-40(43)32-46-42-16-8-6-12-36(42)28-30-45(46)50/h3-33H,1-2H3. The molecule has 0 spiro atoms. The number of benzene rings is 9. The molecule has 9 aromatic carbocycles. The van der Waals surface area contributed by atoms with Crippen LogP contribution in [0.1, 0.15) is 25.0 Å². The van der Waals surface area contributed by atoms with E-state index >= 15 is 0 Å². The third-order valence-electron chi connectivity index (χ3n) is 11.9. The normalized spacial score (nSPS) is 12.9. The van der Waals surface area contributed by atoms with Crippen LogP contribution in [-0.2, 0) is 5.41 Å². The molecule has 57 heavy (non-hydrogen) atoms. The summed E-state index contributed by atoms with van der Waals surface area (Å²) in [6.45, 7) is 4.61. The molecule has 0 saturated carbocycles. The lowest BCUT2D eigenvalue weighted by atomic mass is 9.82. The third kappa shape index (κ3) is 5.46. The van der Waals surface area contributed by atoms with E-state index in [0.717, 1.165) is 27.8 Å². The van der Waals surface area contributed by atoms with Crippen molar-refractivity contribution in [2.75, 3.05) is 0 Å². The SMILES string of the molecule is CC1(C)c2ccccc2-c2cc(-c3nc(-c4ccccc4)nc(-c4ccc(-c5ccc(-c6c7ccccc7cc7c6ccc6ccccc67)cc5)cc4)n3)ccc21. The van der Waals surface area contributed by atoms with Crippen LogP contribution < -0.4 is 0 Å². The van der Waals surface area contributed by atoms with E-state index in [-0.39, 0.29) is 5.41 Å². The molecule has 1 aliphatic carbocycles. The van der Waals surface area contributed by atoms with Crippen LogP contribution in [0.25, 0.3) is 99.9 Å². The van der Waals surface area contributed by atoms with E-state index in [1.54, 1.807) is 0 Å². The van der Waals surface area contributed by atoms with Gasteiger partial charge in [0.15, 0.2) is 17.5 Å². The smallest absolute Gasteiger partial charge is 0.164 e. The zero-order chi connectivity index (χ0) is 38.1. The van der Waals surface area contributed by atoms with Gasteiger partial charge in [-0.1, -0.05) is 190 Å². The first kappa shape index (κ1) is 33.1. The molecule has 0 radical (unpaired) electrons. The molecular weight excluding hydrogens is 691 g/mol. The Bertz CT molecular complexity index is 3180. The summed E-state index contributed by atoms with van der Waals surface area (Å²) < 4.78 is 0. The highest BCUT2D eigenvalue weighted by Crippen LogP contribution is 2.49. The van der Waals surface area contributed by atoms with Gasteiger partial charge in [-0.15, -0.1) is 0 Å². The summed E-state index contributed by atoms with van der Waals surface area (Å²) in [6, 6.07) is 67.4. The first-order valence-corrected chi connectivity index (χ1v) is 19.6. The Morgan fingerprint density at radius 1 is 0.316 bits per heavy atom. The molecule has 0 bridgehead atoms. The van der Waals surface area contributed by atoms with E-state index in [2.05, 4.69) is 184 Å². The molecule has 0 aliphatic heterocycles. The maximum absolute atomic E-state index is 5.11. The van der Waals surface area contributed by atoms with Crippen molar-refractivity contribution < 1.29 is 0 Å². The average molecular weight is 728 g/mol. The molecular formula is C54H37N3. The molecule has 0 atom stereocenters. The highest BCUT2D eigenvalue weighted by atomic mass is 15.0. The molecule has 0 fully saturated rings. The van der Waals surface area contributed by atoms with Gasteiger partial charge in [0.2, 0.25) is 0 Å². The fourth-order valence-electron chi connectivity index (χ4n) is 8.98. The van der Waals surface area contributed by atoms with Gasteiger partial charge in [-0.25, -0.2) is 15.0 Å². The van der Waals surface area contributed by atoms with E-state index in [1.165, 1.54) is 65.7 Å². The van der Waals surface area contributed by atoms with Gasteiger partial charge in [-0.3, -0.25) is 0 Å². The van der Waals surface area contributed by atoms with E-state index < -0.39 is 0 Å². The van der Waals surface area contributed by atoms with Gasteiger partial charge in [-0.05, 0) is 89.0 Å². The largest absolute Gasteiger partial charge is 0.208 e. The summed E-state index contributed by atoms with van der Waals surface area (Å²) >= 11 is 0. The van der Waals surface area contributed by atoms with Crippen molar-refractivity contribution in [2.24, 2.45) is 0 Å². The molecule has 0 saturated heterocycles. The zero-order valence-electron chi connectivity index (χ0n) is 31.7. The van der Waals surface area contributed by atoms with Crippen molar-refractivity contribution in [3.63, 3.8) is 0 Å². The molecule has 3 heteroatoms. The van der Waals surface area contributed by atoms with Crippen LogP contribution in [0.2, 0.25) is 0 Å². The Morgan fingerprint density at radius 2 is 0.842 bits per heavy atom. The summed E-state index contributed by atoms with van der Waals surface area (Å²) in [4.78, 5) is 15.2. The number of rotatable bonds is 5. The number of nitrogens with zero attached hydrogens (tertiary/aromatic N) is 3. The Morgan fingerprint density at radius 3 is 1.58 bits per heavy atom. The molecule has 1 aliphatic rings. The first-order valence-electron chi connectivity index (χ1n) is 19.6. The predicted octanol–water partition coefficient (Wildman–Crippen LogP) is 14.0. The monoisotopic (exact) mass is 727 g/mol. The second kappa shape index (κ2) is 12.9. The maximum atomic E-state index is 5.11. The zero-order valence-corrected chi connectivity index (χ0v) is 31.7. The second-order valence-electron chi connectivity index (χ2n) is 15.6. The van der Waals surface area contributed by atoms with Crippen molar-refractivity contribution in [1.29, 1.82) is 0 Å². The highest BCUT2D eigenvalue weighted by Gasteiger charge is 2.35. The summed E-state index contributed by atoms with van der Waals surface area (Å²) in [5.41, 5.74) is 12.8. The van der Waals surface area contributed by atoms with Crippen LogP contribution in [0.5, 0.6) is 0 Å². The van der Waals surface area contributed by atoms with Gasteiger partial charge >= 0.3 is 0 Å². The molecule has 0 unspecified atom stereocenters. The maximum Gasteiger partial charge on any atom is 0.164 e. The summed E-state index contributed by atoms with van der Waals surface area (Å²) in [6.07, 6.45) is 0. The van der Waals surface area contributed by atoms with Crippen molar-refractivity contribution in [3.05, 3.63) is 199 Å². The number of fused-ring (bicyclic) bond motifs is 7. The van der Waals surface area contributed by atoms with E-state index in [9.17, 15) is 0 Å². The average Bonchev–Trinajstić information content (AvgIpc) is 3.51. The van der Waals surface area contributed by atoms with Crippen LogP contribution in [0.3, 0.4) is 0 Å². The van der Waals surface area contributed by atoms with Crippen LogP contribution >= 0.6 is 0 Å². The molecule has 10 aromatic rings. The van der Waals surface area contributed by atoms with Gasteiger partial charge in [0.25, 0.3) is 0 Å². The Kier molecular flexibility index (Phi) is 7.52. The molecule has 1 heterocycles. The Labute approximate surface area is 332 Å². The Hall–Kier alpha value is -7.23. The minimum Gasteiger partial charge on any atom is -0.208 e. The topological polar surface area (TPSA) is 38.7 Å². The first-order chi connectivity index (χ1) is 28.0. The third-order valence-corrected chi connectivity index (χ3v) is 11.9. The molecule has 0 amide bonds. The predicted molar refractivity (Wildman–Crippen MR) is 237 cm³/mol. The van der Waals surface area contributed by atoms with E-state index in [0.29, 0.717) is 17.5 Å². The van der Waals surface area contributed by atoms with E-state index in [4.69, 9.17) is 15.0 Å². The quantitative estimate of drug-likeness (QED) is 0.131. The summed E-state index contributed by atoms with van der Waals surface area (Å²) in [7, 11) is 0. The van der Waals surface area contributed by atoms with Gasteiger partial charge in [0.1, 0.15) is 0 Å². The molecule has 3 nitrogen and oxygen atoms in total. The van der Waals surface area contributed by atoms with Crippen LogP contribution in [0.15, 0.2) is 188 Å². The fourth-order valence-corrected chi connectivity index (χ4v) is 8.98. The molecule has 0 N–H and O–H groups in total. The Balaban J connectivity index is 0.965. The van der Waals surface area contributed by atoms with Gasteiger partial charge < -0.3 is 0 Å². The molecule has 268 valence electrons. The van der Waals surface area contributed by atoms with Crippen molar-refractivity contribution in [2.45, 2.75) is 19.3 Å². The summed E-state index contributed by atoms with van der Waals surface area (Å²) in [5, 5.41) is 7.60. The van der Waals surface area contributed by atoms with Crippen molar-refractivity contribution >= 4 is 32.3 Å². The van der Waals surface area contributed by atoms with Crippen molar-refractivity contribution in [1.82, 2.24) is 15.0 Å². The molecule has 1 aromatic heterocycles. The number of hydrogen-bond acceptors (Lipinski definition) is 3. The fraction of sp³-hybridized carbons (Fsp3) is 0.0556. The van der Waals surface area contributed by atoms with Crippen LogP contribution in [0, 0.1) is 0 Å². The van der Waals surface area contributed by atoms with Gasteiger partial charge in [0, 0.05) is 22.1 Å². The minimum absolute atomic E-state index is 0.0639. The number of hydrogen-bond donors (Lipinski definition) is 0. The van der Waals surface area contributed by atoms with Gasteiger partial charge in [0.05, 0.1) is 0 Å². The van der Waals surface area contributed by atoms with Crippen LogP contribution in [0.4, 0.5) is 0 Å². The number of aromatic nitrogens is 3. The molecule has 11 rings (SSSR count). The second-order valence-corrected chi connectivity index (χ2v) is 15.6. The lowest BCUT2D eigenvalue weighted by molar-refractivity contribution is 0.660. The van der Waals surface area contributed by atoms with Gasteiger partial charge in [-0.2, -0.15) is 0 Å². The van der Waals surface area contributed by atoms with Crippen molar-refractivity contribution in [3.8, 4) is 67.5 Å². The minimum atomic E-state index is -0.0639. The van der Waals surface area contributed by atoms with E-state index in [1.807, 2.05) is 18.2 Å². The lowest BCUT2D eigenvalue weighted by Gasteiger charge is -2.21. The highest BCUT2D eigenvalue weighted by molar-refractivity contribution is 6.20.